The van der Waals surface area contributed by atoms with E-state index in [0.717, 1.165) is 0 Å². The molecule has 1 aromatic heterocycles. The molecule has 0 spiro atoms. The smallest absolute Gasteiger partial charge is 0.298 e. The Kier molecular flexibility index (Phi) is 3.76. The number of phenols is 1. The number of ether oxygens (including phenoxy) is 2. The molecule has 124 valence electrons. The molecule has 0 amide bonds. The summed E-state index contributed by atoms with van der Waals surface area (Å²) in [5.74, 6) is 1.11. The van der Waals surface area contributed by atoms with Crippen molar-refractivity contribution in [1.82, 2.24) is 4.57 Å². The van der Waals surface area contributed by atoms with Crippen LogP contribution in [0.3, 0.4) is 0 Å². The molecule has 0 radical (unpaired) electrons. The normalized spacial score (nSPS) is 10.8. The number of aromatic hydroxyl groups is 1. The first-order chi connectivity index (χ1) is 11.5. The number of hydrogen-bond donors (Lipinski definition) is 1. The third kappa shape index (κ3) is 2.30. The Morgan fingerprint density at radius 2 is 1.79 bits per heavy atom. The molecule has 2 aromatic carbocycles. The summed E-state index contributed by atoms with van der Waals surface area (Å²) >= 11 is 0. The molecule has 3 rings (SSSR count). The van der Waals surface area contributed by atoms with Gasteiger partial charge in [-0.3, -0.25) is 10.1 Å². The van der Waals surface area contributed by atoms with Crippen LogP contribution in [0.5, 0.6) is 17.2 Å². The first kappa shape index (κ1) is 15.7. The molecular weight excluding hydrogens is 312 g/mol. The van der Waals surface area contributed by atoms with E-state index < -0.39 is 4.92 Å². The Morgan fingerprint density at radius 3 is 2.42 bits per heavy atom. The average Bonchev–Trinajstić information content (AvgIpc) is 2.85. The molecule has 0 fully saturated rings. The van der Waals surface area contributed by atoms with Crippen molar-refractivity contribution in [2.45, 2.75) is 6.92 Å². The van der Waals surface area contributed by atoms with Crippen molar-refractivity contribution >= 4 is 16.6 Å². The van der Waals surface area contributed by atoms with Crippen LogP contribution in [0, 0.1) is 17.0 Å². The summed E-state index contributed by atoms with van der Waals surface area (Å²) in [7, 11) is 3.06. The van der Waals surface area contributed by atoms with Gasteiger partial charge in [0.25, 0.3) is 5.69 Å². The molecule has 0 aliphatic carbocycles. The number of aromatic nitrogens is 1. The monoisotopic (exact) mass is 328 g/mol. The van der Waals surface area contributed by atoms with Crippen molar-refractivity contribution in [2.75, 3.05) is 14.2 Å². The zero-order valence-electron chi connectivity index (χ0n) is 13.4. The van der Waals surface area contributed by atoms with Crippen molar-refractivity contribution in [3.8, 4) is 22.9 Å². The Bertz CT molecular complexity index is 946. The predicted molar refractivity (Wildman–Crippen MR) is 89.4 cm³/mol. The van der Waals surface area contributed by atoms with E-state index in [4.69, 9.17) is 9.47 Å². The number of phenolic OH excluding ortho intramolecular Hbond substituents is 1. The third-order valence-corrected chi connectivity index (χ3v) is 3.96. The predicted octanol–water partition coefficient (Wildman–Crippen LogP) is 3.57. The van der Waals surface area contributed by atoms with Gasteiger partial charge in [-0.2, -0.15) is 0 Å². The van der Waals surface area contributed by atoms with Gasteiger partial charge < -0.3 is 19.1 Å². The van der Waals surface area contributed by atoms with E-state index in [2.05, 4.69) is 0 Å². The Labute approximate surface area is 137 Å². The molecule has 0 aliphatic heterocycles. The Balaban J connectivity index is 2.36. The van der Waals surface area contributed by atoms with E-state index in [0.29, 0.717) is 33.8 Å². The maximum Gasteiger partial charge on any atom is 0.298 e. The van der Waals surface area contributed by atoms with Gasteiger partial charge in [0.1, 0.15) is 5.75 Å². The highest BCUT2D eigenvalue weighted by Crippen LogP contribution is 2.38. The van der Waals surface area contributed by atoms with Gasteiger partial charge in [0.05, 0.1) is 41.4 Å². The second-order valence-electron chi connectivity index (χ2n) is 5.27. The van der Waals surface area contributed by atoms with E-state index in [1.165, 1.54) is 26.4 Å². The zero-order chi connectivity index (χ0) is 17.4. The van der Waals surface area contributed by atoms with Crippen molar-refractivity contribution in [3.05, 3.63) is 52.2 Å². The number of nitro groups is 1. The minimum absolute atomic E-state index is 0.0137. The minimum atomic E-state index is -0.411. The van der Waals surface area contributed by atoms with E-state index in [9.17, 15) is 15.2 Å². The molecule has 0 saturated carbocycles. The van der Waals surface area contributed by atoms with Gasteiger partial charge in [-0.15, -0.1) is 0 Å². The van der Waals surface area contributed by atoms with Gasteiger partial charge in [-0.25, -0.2) is 0 Å². The van der Waals surface area contributed by atoms with Crippen LogP contribution in [0.1, 0.15) is 5.69 Å². The maximum absolute atomic E-state index is 11.5. The van der Waals surface area contributed by atoms with E-state index in [1.807, 2.05) is 0 Å². The summed E-state index contributed by atoms with van der Waals surface area (Å²) in [6.07, 6.45) is 0. The SMILES string of the molecule is COc1ccc(-n2c(C)c([N+](=O)[O-])c3ccc(O)cc32)cc1OC. The highest BCUT2D eigenvalue weighted by atomic mass is 16.6. The molecule has 3 aromatic rings. The summed E-state index contributed by atoms with van der Waals surface area (Å²) in [6, 6.07) is 9.74. The van der Waals surface area contributed by atoms with Crippen molar-refractivity contribution in [2.24, 2.45) is 0 Å². The average molecular weight is 328 g/mol. The van der Waals surface area contributed by atoms with Crippen molar-refractivity contribution in [3.63, 3.8) is 0 Å². The lowest BCUT2D eigenvalue weighted by Crippen LogP contribution is -1.99. The molecule has 7 nitrogen and oxygen atoms in total. The van der Waals surface area contributed by atoms with Crippen LogP contribution in [0.15, 0.2) is 36.4 Å². The van der Waals surface area contributed by atoms with Gasteiger partial charge in [0, 0.05) is 12.1 Å². The molecule has 0 bridgehead atoms. The van der Waals surface area contributed by atoms with Gasteiger partial charge in [0.2, 0.25) is 0 Å². The fraction of sp³-hybridized carbons (Fsp3) is 0.176. The topological polar surface area (TPSA) is 86.8 Å². The van der Waals surface area contributed by atoms with E-state index >= 15 is 0 Å². The molecule has 0 atom stereocenters. The summed E-state index contributed by atoms with van der Waals surface area (Å²) in [6.45, 7) is 1.67. The second kappa shape index (κ2) is 5.77. The third-order valence-electron chi connectivity index (χ3n) is 3.96. The number of fused-ring (bicyclic) bond motifs is 1. The Hall–Kier alpha value is -3.22. The molecule has 24 heavy (non-hydrogen) atoms. The van der Waals surface area contributed by atoms with Crippen LogP contribution < -0.4 is 9.47 Å². The number of benzene rings is 2. The standard InChI is InChI=1S/C17H16N2O5/c1-10-17(19(21)22)13-6-5-12(20)9-14(13)18(10)11-4-7-15(23-2)16(8-11)24-3/h4-9,20H,1-3H3. The van der Waals surface area contributed by atoms with Crippen LogP contribution in [-0.4, -0.2) is 28.8 Å². The quantitative estimate of drug-likeness (QED) is 0.584. The lowest BCUT2D eigenvalue weighted by molar-refractivity contribution is -0.383. The van der Waals surface area contributed by atoms with Gasteiger partial charge in [0.15, 0.2) is 11.5 Å². The van der Waals surface area contributed by atoms with Crippen molar-refractivity contribution < 1.29 is 19.5 Å². The molecule has 7 heteroatoms. The minimum Gasteiger partial charge on any atom is -0.508 e. The molecule has 0 unspecified atom stereocenters. The lowest BCUT2D eigenvalue weighted by atomic mass is 10.2. The second-order valence-corrected chi connectivity index (χ2v) is 5.27. The fourth-order valence-electron chi connectivity index (χ4n) is 2.91. The number of rotatable bonds is 4. The molecule has 1 N–H and O–H groups in total. The number of nitrogens with zero attached hydrogens (tertiary/aromatic N) is 2. The van der Waals surface area contributed by atoms with Gasteiger partial charge in [-0.1, -0.05) is 0 Å². The van der Waals surface area contributed by atoms with Crippen LogP contribution in [0.4, 0.5) is 5.69 Å². The lowest BCUT2D eigenvalue weighted by Gasteiger charge is -2.12. The van der Waals surface area contributed by atoms with Crippen LogP contribution in [0.2, 0.25) is 0 Å². The molecule has 1 heterocycles. The number of hydrogen-bond acceptors (Lipinski definition) is 5. The highest BCUT2D eigenvalue weighted by molar-refractivity contribution is 5.94. The number of methoxy groups -OCH3 is 2. The van der Waals surface area contributed by atoms with E-state index in [1.54, 1.807) is 35.8 Å². The zero-order valence-corrected chi connectivity index (χ0v) is 13.4. The Morgan fingerprint density at radius 1 is 1.08 bits per heavy atom. The molecular formula is C17H16N2O5. The van der Waals surface area contributed by atoms with E-state index in [-0.39, 0.29) is 11.4 Å². The highest BCUT2D eigenvalue weighted by Gasteiger charge is 2.24. The molecule has 0 saturated heterocycles. The van der Waals surface area contributed by atoms with Crippen molar-refractivity contribution in [1.29, 1.82) is 0 Å². The van der Waals surface area contributed by atoms with Gasteiger partial charge in [-0.05, 0) is 31.2 Å². The summed E-state index contributed by atoms with van der Waals surface area (Å²) < 4.78 is 12.2. The maximum atomic E-state index is 11.5. The molecule has 0 aliphatic rings. The fourth-order valence-corrected chi connectivity index (χ4v) is 2.91. The summed E-state index contributed by atoms with van der Waals surface area (Å²) in [5, 5.41) is 21.7. The van der Waals surface area contributed by atoms with Gasteiger partial charge >= 0.3 is 0 Å². The first-order valence-corrected chi connectivity index (χ1v) is 7.18. The summed E-state index contributed by atoms with van der Waals surface area (Å²) in [4.78, 5) is 11.1. The van der Waals surface area contributed by atoms with Crippen LogP contribution in [-0.2, 0) is 0 Å². The van der Waals surface area contributed by atoms with Crippen LogP contribution >= 0.6 is 0 Å². The first-order valence-electron chi connectivity index (χ1n) is 7.18. The van der Waals surface area contributed by atoms with Crippen LogP contribution in [0.25, 0.3) is 16.6 Å². The summed E-state index contributed by atoms with van der Waals surface area (Å²) in [5.41, 5.74) is 1.70. The largest absolute Gasteiger partial charge is 0.508 e.